The number of esters is 4. The van der Waals surface area contributed by atoms with Gasteiger partial charge in [-0.3, -0.25) is 37.3 Å². The van der Waals surface area contributed by atoms with Crippen molar-refractivity contribution in [3.05, 3.63) is 0 Å². The van der Waals surface area contributed by atoms with Gasteiger partial charge in [-0.1, -0.05) is 318 Å². The van der Waals surface area contributed by atoms with Crippen molar-refractivity contribution in [2.45, 2.75) is 388 Å². The van der Waals surface area contributed by atoms with Crippen molar-refractivity contribution in [3.8, 4) is 0 Å². The highest BCUT2D eigenvalue weighted by molar-refractivity contribution is 7.47. The minimum absolute atomic E-state index is 0.103. The Morgan fingerprint density at radius 2 is 0.554 bits per heavy atom. The number of aliphatic hydroxyl groups is 1. The van der Waals surface area contributed by atoms with Gasteiger partial charge in [0.25, 0.3) is 0 Å². The van der Waals surface area contributed by atoms with E-state index in [0.717, 1.165) is 102 Å². The lowest BCUT2D eigenvalue weighted by atomic mass is 9.99. The molecular formula is C73H142O17P2. The predicted molar refractivity (Wildman–Crippen MR) is 372 cm³/mol. The molecule has 3 N–H and O–H groups in total. The first-order chi connectivity index (χ1) is 44.3. The number of rotatable bonds is 71. The van der Waals surface area contributed by atoms with Gasteiger partial charge in [0.2, 0.25) is 0 Å². The first kappa shape index (κ1) is 90.1. The molecule has 0 aliphatic carbocycles. The molecule has 0 heterocycles. The van der Waals surface area contributed by atoms with Gasteiger partial charge in [-0.2, -0.15) is 0 Å². The van der Waals surface area contributed by atoms with E-state index in [4.69, 9.17) is 37.0 Å². The summed E-state index contributed by atoms with van der Waals surface area (Å²) in [4.78, 5) is 72.6. The Kier molecular flexibility index (Phi) is 62.4. The predicted octanol–water partition coefficient (Wildman–Crippen LogP) is 21.0. The molecule has 0 bridgehead atoms. The minimum atomic E-state index is -4.95. The summed E-state index contributed by atoms with van der Waals surface area (Å²) in [6, 6.07) is 0. The molecule has 0 aliphatic rings. The van der Waals surface area contributed by atoms with E-state index < -0.39 is 97.5 Å². The van der Waals surface area contributed by atoms with Crippen LogP contribution in [0.4, 0.5) is 0 Å². The molecule has 0 saturated carbocycles. The molecule has 0 amide bonds. The van der Waals surface area contributed by atoms with Crippen molar-refractivity contribution in [2.75, 3.05) is 39.6 Å². The lowest BCUT2D eigenvalue weighted by Crippen LogP contribution is -2.30. The largest absolute Gasteiger partial charge is 0.472 e. The van der Waals surface area contributed by atoms with Crippen LogP contribution >= 0.6 is 15.6 Å². The van der Waals surface area contributed by atoms with Gasteiger partial charge in [-0.15, -0.1) is 0 Å². The third-order valence-corrected chi connectivity index (χ3v) is 19.1. The van der Waals surface area contributed by atoms with Crippen LogP contribution < -0.4 is 0 Å². The van der Waals surface area contributed by atoms with Crippen LogP contribution in [0, 0.1) is 17.8 Å². The van der Waals surface area contributed by atoms with Gasteiger partial charge in [-0.05, 0) is 43.4 Å². The zero-order valence-corrected chi connectivity index (χ0v) is 61.8. The van der Waals surface area contributed by atoms with Gasteiger partial charge in [0.15, 0.2) is 12.2 Å². The van der Waals surface area contributed by atoms with E-state index in [9.17, 15) is 43.2 Å². The maximum atomic E-state index is 13.1. The van der Waals surface area contributed by atoms with Gasteiger partial charge < -0.3 is 33.8 Å². The number of phosphoric acid groups is 2. The second kappa shape index (κ2) is 63.8. The molecule has 19 heteroatoms. The fraction of sp³-hybridized carbons (Fsp3) is 0.945. The minimum Gasteiger partial charge on any atom is -0.462 e. The lowest BCUT2D eigenvalue weighted by Gasteiger charge is -2.21. The number of ether oxygens (including phenoxy) is 4. The molecule has 17 nitrogen and oxygen atoms in total. The Hall–Kier alpha value is -1.94. The molecule has 0 radical (unpaired) electrons. The Balaban J connectivity index is 5.23. The number of unbranched alkanes of at least 4 members (excludes halogenated alkanes) is 38. The molecule has 0 aromatic heterocycles. The summed E-state index contributed by atoms with van der Waals surface area (Å²) in [7, 11) is -9.90. The van der Waals surface area contributed by atoms with Crippen molar-refractivity contribution in [3.63, 3.8) is 0 Å². The second-order valence-electron chi connectivity index (χ2n) is 27.5. The first-order valence-corrected chi connectivity index (χ1v) is 40.9. The van der Waals surface area contributed by atoms with E-state index in [-0.39, 0.29) is 25.7 Å². The van der Waals surface area contributed by atoms with Gasteiger partial charge >= 0.3 is 39.5 Å². The molecule has 546 valence electrons. The Morgan fingerprint density at radius 1 is 0.315 bits per heavy atom. The summed E-state index contributed by atoms with van der Waals surface area (Å²) in [6.45, 7) is 11.8. The normalized spacial score (nSPS) is 14.4. The molecule has 0 aromatic rings. The van der Waals surface area contributed by atoms with Crippen LogP contribution in [0.2, 0.25) is 0 Å². The quantitative estimate of drug-likeness (QED) is 0.0222. The van der Waals surface area contributed by atoms with E-state index in [1.165, 1.54) is 173 Å². The molecule has 0 saturated heterocycles. The van der Waals surface area contributed by atoms with Crippen molar-refractivity contribution in [2.24, 2.45) is 17.8 Å². The van der Waals surface area contributed by atoms with Crippen LogP contribution in [0.5, 0.6) is 0 Å². The fourth-order valence-electron chi connectivity index (χ4n) is 11.0. The van der Waals surface area contributed by atoms with Crippen molar-refractivity contribution >= 4 is 39.5 Å². The van der Waals surface area contributed by atoms with Crippen LogP contribution in [0.1, 0.15) is 370 Å². The number of hydrogen-bond acceptors (Lipinski definition) is 15. The number of phosphoric ester groups is 2. The van der Waals surface area contributed by atoms with E-state index in [0.29, 0.717) is 37.5 Å². The Morgan fingerprint density at radius 3 is 0.826 bits per heavy atom. The van der Waals surface area contributed by atoms with Crippen molar-refractivity contribution in [1.82, 2.24) is 0 Å². The summed E-state index contributed by atoms with van der Waals surface area (Å²) in [6.07, 6.45) is 48.7. The van der Waals surface area contributed by atoms with Gasteiger partial charge in [0.05, 0.1) is 26.4 Å². The molecular weight excluding hydrogens is 1210 g/mol. The first-order valence-electron chi connectivity index (χ1n) is 37.9. The van der Waals surface area contributed by atoms with Crippen LogP contribution in [0.3, 0.4) is 0 Å². The molecule has 0 spiro atoms. The Bertz CT molecular complexity index is 1800. The highest BCUT2D eigenvalue weighted by Gasteiger charge is 2.30. The third kappa shape index (κ3) is 65.4. The summed E-state index contributed by atoms with van der Waals surface area (Å²) < 4.78 is 68.4. The summed E-state index contributed by atoms with van der Waals surface area (Å²) >= 11 is 0. The SMILES string of the molecule is CCCCCCCCCCCCCCCCC(=O)OC[C@H](COP(=O)(O)OC[C@@H](O)COP(=O)(O)OC[C@@H](COC(=O)CCCCCCCCCC(C)C)OC(=O)CCCCCCCCCC(C)C)OC(=O)CCCCCCCCCCCCCCCCC(C)CC. The Labute approximate surface area is 562 Å². The average Bonchev–Trinajstić information content (AvgIpc) is 2.99. The summed E-state index contributed by atoms with van der Waals surface area (Å²) in [5.74, 6) is 0.122. The van der Waals surface area contributed by atoms with Crippen molar-refractivity contribution in [1.29, 1.82) is 0 Å². The van der Waals surface area contributed by atoms with Crippen LogP contribution in [-0.4, -0.2) is 96.7 Å². The van der Waals surface area contributed by atoms with E-state index in [2.05, 4.69) is 48.5 Å². The second-order valence-corrected chi connectivity index (χ2v) is 30.4. The maximum Gasteiger partial charge on any atom is 0.472 e. The summed E-state index contributed by atoms with van der Waals surface area (Å²) in [5, 5.41) is 10.6. The number of carbonyl (C=O) groups excluding carboxylic acids is 4. The number of hydrogen-bond donors (Lipinski definition) is 3. The number of aliphatic hydroxyl groups excluding tert-OH is 1. The zero-order chi connectivity index (χ0) is 68.0. The topological polar surface area (TPSA) is 237 Å². The van der Waals surface area contributed by atoms with Crippen molar-refractivity contribution < 1.29 is 80.2 Å². The van der Waals surface area contributed by atoms with Gasteiger partial charge in [0, 0.05) is 25.7 Å². The molecule has 3 unspecified atom stereocenters. The van der Waals surface area contributed by atoms with Gasteiger partial charge in [-0.25, -0.2) is 9.13 Å². The third-order valence-electron chi connectivity index (χ3n) is 17.2. The molecule has 0 rings (SSSR count). The molecule has 0 aromatic carbocycles. The molecule has 92 heavy (non-hydrogen) atoms. The van der Waals surface area contributed by atoms with E-state index >= 15 is 0 Å². The standard InChI is InChI=1S/C73H142O17P2/c1-8-10-11-12-13-14-15-16-20-23-26-33-40-47-54-70(75)83-60-68(89-72(77)56-49-42-34-27-24-21-18-17-19-22-25-32-39-46-53-66(7)9-2)62-87-91(79,80)85-58-67(74)59-86-92(81,82)88-63-69(90-73(78)57-50-43-36-29-31-38-45-52-65(5)6)61-84-71(76)55-48-41-35-28-30-37-44-51-64(3)4/h64-69,74H,8-63H2,1-7H3,(H,79,80)(H,81,82)/t66?,67-,68-,69-/m1/s1. The average molecular weight is 1350 g/mol. The summed E-state index contributed by atoms with van der Waals surface area (Å²) in [5.41, 5.74) is 0. The monoisotopic (exact) mass is 1350 g/mol. The number of carbonyl (C=O) groups is 4. The molecule has 0 aliphatic heterocycles. The van der Waals surface area contributed by atoms with E-state index in [1.807, 2.05) is 0 Å². The van der Waals surface area contributed by atoms with Crippen LogP contribution in [0.15, 0.2) is 0 Å². The highest BCUT2D eigenvalue weighted by atomic mass is 31.2. The van der Waals surface area contributed by atoms with E-state index in [1.54, 1.807) is 0 Å². The fourth-order valence-corrected chi connectivity index (χ4v) is 12.6. The zero-order valence-electron chi connectivity index (χ0n) is 60.0. The highest BCUT2D eigenvalue weighted by Crippen LogP contribution is 2.45. The molecule has 6 atom stereocenters. The lowest BCUT2D eigenvalue weighted by molar-refractivity contribution is -0.161. The maximum absolute atomic E-state index is 13.1. The van der Waals surface area contributed by atoms with Crippen LogP contribution in [0.25, 0.3) is 0 Å². The van der Waals surface area contributed by atoms with Crippen LogP contribution in [-0.2, 0) is 65.4 Å². The molecule has 0 fully saturated rings. The van der Waals surface area contributed by atoms with Gasteiger partial charge in [0.1, 0.15) is 19.3 Å². The smallest absolute Gasteiger partial charge is 0.462 e.